The summed E-state index contributed by atoms with van der Waals surface area (Å²) in [6, 6.07) is 17.4. The molecule has 0 saturated carbocycles. The zero-order chi connectivity index (χ0) is 13.9. The normalized spacial score (nSPS) is 10.4. The predicted octanol–water partition coefficient (Wildman–Crippen LogP) is 4.02. The molecule has 100 valence electrons. The first-order valence-electron chi connectivity index (χ1n) is 6.28. The van der Waals surface area contributed by atoms with Gasteiger partial charge in [-0.1, -0.05) is 18.2 Å². The Morgan fingerprint density at radius 2 is 1.60 bits per heavy atom. The largest absolute Gasteiger partial charge is 0.457 e. The molecule has 3 aromatic rings. The van der Waals surface area contributed by atoms with Gasteiger partial charge in [0.05, 0.1) is 5.69 Å². The summed E-state index contributed by atoms with van der Waals surface area (Å²) in [5.41, 5.74) is 7.25. The van der Waals surface area contributed by atoms with Crippen molar-refractivity contribution >= 4 is 6.01 Å². The minimum absolute atomic E-state index is 0.183. The summed E-state index contributed by atoms with van der Waals surface area (Å²) in [4.78, 5) is 4.06. The third kappa shape index (κ3) is 2.49. The van der Waals surface area contributed by atoms with Gasteiger partial charge in [0.2, 0.25) is 0 Å². The monoisotopic (exact) mass is 266 g/mol. The molecule has 4 heteroatoms. The highest BCUT2D eigenvalue weighted by molar-refractivity contribution is 5.61. The standard InChI is InChI=1S/C16H14N2O2/c1-11-15(20-16(17)18-11)12-7-9-14(10-8-12)19-13-5-3-2-4-6-13/h2-10H,1H3,(H2,17,18). The van der Waals surface area contributed by atoms with E-state index in [0.717, 1.165) is 22.8 Å². The number of anilines is 1. The number of benzene rings is 2. The van der Waals surface area contributed by atoms with Gasteiger partial charge in [0.15, 0.2) is 5.76 Å². The smallest absolute Gasteiger partial charge is 0.292 e. The molecule has 0 saturated heterocycles. The number of aromatic nitrogens is 1. The Labute approximate surface area is 116 Å². The van der Waals surface area contributed by atoms with Crippen LogP contribution in [0.15, 0.2) is 59.0 Å². The van der Waals surface area contributed by atoms with Gasteiger partial charge in [0.25, 0.3) is 6.01 Å². The summed E-state index contributed by atoms with van der Waals surface area (Å²) in [7, 11) is 0. The minimum atomic E-state index is 0.183. The summed E-state index contributed by atoms with van der Waals surface area (Å²) in [5.74, 6) is 2.26. The number of hydrogen-bond donors (Lipinski definition) is 1. The maximum absolute atomic E-state index is 5.73. The van der Waals surface area contributed by atoms with Crippen molar-refractivity contribution in [1.29, 1.82) is 0 Å². The molecule has 4 nitrogen and oxygen atoms in total. The average molecular weight is 266 g/mol. The molecule has 0 aliphatic rings. The molecule has 2 aromatic carbocycles. The van der Waals surface area contributed by atoms with E-state index in [-0.39, 0.29) is 6.01 Å². The molecule has 0 radical (unpaired) electrons. The second-order valence-electron chi connectivity index (χ2n) is 4.41. The van der Waals surface area contributed by atoms with E-state index >= 15 is 0 Å². The van der Waals surface area contributed by atoms with Crippen LogP contribution in [0, 0.1) is 6.92 Å². The van der Waals surface area contributed by atoms with Crippen molar-refractivity contribution in [2.45, 2.75) is 6.92 Å². The van der Waals surface area contributed by atoms with Gasteiger partial charge in [0.1, 0.15) is 11.5 Å². The number of nitrogen functional groups attached to an aromatic ring is 1. The first kappa shape index (κ1) is 12.3. The number of aryl methyl sites for hydroxylation is 1. The molecule has 1 heterocycles. The topological polar surface area (TPSA) is 61.3 Å². The Hall–Kier alpha value is -2.75. The van der Waals surface area contributed by atoms with Crippen LogP contribution in [0.3, 0.4) is 0 Å². The van der Waals surface area contributed by atoms with E-state index in [9.17, 15) is 0 Å². The third-order valence-electron chi connectivity index (χ3n) is 2.91. The molecule has 0 bridgehead atoms. The summed E-state index contributed by atoms with van der Waals surface area (Å²) >= 11 is 0. The lowest BCUT2D eigenvalue weighted by Crippen LogP contribution is -1.84. The van der Waals surface area contributed by atoms with Crippen molar-refractivity contribution in [3.8, 4) is 22.8 Å². The van der Waals surface area contributed by atoms with Crippen LogP contribution in [-0.4, -0.2) is 4.98 Å². The fourth-order valence-corrected chi connectivity index (χ4v) is 1.98. The van der Waals surface area contributed by atoms with Gasteiger partial charge >= 0.3 is 0 Å². The van der Waals surface area contributed by atoms with Crippen LogP contribution in [0.4, 0.5) is 6.01 Å². The lowest BCUT2D eigenvalue weighted by Gasteiger charge is -2.05. The highest BCUT2D eigenvalue weighted by Crippen LogP contribution is 2.28. The van der Waals surface area contributed by atoms with Crippen molar-refractivity contribution in [3.05, 3.63) is 60.3 Å². The van der Waals surface area contributed by atoms with E-state index in [1.165, 1.54) is 0 Å². The fraction of sp³-hybridized carbons (Fsp3) is 0.0625. The molecule has 20 heavy (non-hydrogen) atoms. The minimum Gasteiger partial charge on any atom is -0.457 e. The highest BCUT2D eigenvalue weighted by Gasteiger charge is 2.09. The van der Waals surface area contributed by atoms with Gasteiger partial charge in [-0.05, 0) is 43.3 Å². The van der Waals surface area contributed by atoms with Gasteiger partial charge in [-0.3, -0.25) is 0 Å². The van der Waals surface area contributed by atoms with Gasteiger partial charge in [-0.2, -0.15) is 4.98 Å². The number of nitrogens with zero attached hydrogens (tertiary/aromatic N) is 1. The molecule has 0 spiro atoms. The number of ether oxygens (including phenoxy) is 1. The number of para-hydroxylation sites is 1. The van der Waals surface area contributed by atoms with Crippen molar-refractivity contribution < 1.29 is 9.15 Å². The first-order chi connectivity index (χ1) is 9.72. The molecule has 1 aromatic heterocycles. The van der Waals surface area contributed by atoms with Crippen LogP contribution in [-0.2, 0) is 0 Å². The van der Waals surface area contributed by atoms with Crippen LogP contribution in [0.25, 0.3) is 11.3 Å². The Balaban J connectivity index is 1.83. The van der Waals surface area contributed by atoms with Gasteiger partial charge in [-0.25, -0.2) is 0 Å². The van der Waals surface area contributed by atoms with Crippen molar-refractivity contribution in [1.82, 2.24) is 4.98 Å². The summed E-state index contributed by atoms with van der Waals surface area (Å²) in [6.45, 7) is 1.86. The second kappa shape index (κ2) is 5.09. The maximum Gasteiger partial charge on any atom is 0.292 e. The van der Waals surface area contributed by atoms with Crippen molar-refractivity contribution in [2.24, 2.45) is 0 Å². The lowest BCUT2D eigenvalue weighted by molar-refractivity contribution is 0.482. The Kier molecular flexibility index (Phi) is 3.13. The predicted molar refractivity (Wildman–Crippen MR) is 77.6 cm³/mol. The SMILES string of the molecule is Cc1nc(N)oc1-c1ccc(Oc2ccccc2)cc1. The average Bonchev–Trinajstić information content (AvgIpc) is 2.80. The molecule has 0 aliphatic heterocycles. The second-order valence-corrected chi connectivity index (χ2v) is 4.41. The molecule has 0 amide bonds. The van der Waals surface area contributed by atoms with E-state index in [1.807, 2.05) is 61.5 Å². The first-order valence-corrected chi connectivity index (χ1v) is 6.28. The molecule has 0 aliphatic carbocycles. The molecule has 0 fully saturated rings. The Bertz CT molecular complexity index is 703. The molecule has 0 unspecified atom stereocenters. The third-order valence-corrected chi connectivity index (χ3v) is 2.91. The van der Waals surface area contributed by atoms with Gasteiger partial charge in [-0.15, -0.1) is 0 Å². The van der Waals surface area contributed by atoms with Crippen LogP contribution < -0.4 is 10.5 Å². The van der Waals surface area contributed by atoms with Crippen molar-refractivity contribution in [2.75, 3.05) is 5.73 Å². The molecule has 3 rings (SSSR count). The number of oxazole rings is 1. The molecule has 0 atom stereocenters. The summed E-state index contributed by atoms with van der Waals surface area (Å²) in [5, 5.41) is 0. The highest BCUT2D eigenvalue weighted by atomic mass is 16.5. The number of nitrogens with two attached hydrogens (primary N) is 1. The van der Waals surface area contributed by atoms with Crippen LogP contribution >= 0.6 is 0 Å². The molecule has 2 N–H and O–H groups in total. The Morgan fingerprint density at radius 3 is 2.20 bits per heavy atom. The number of rotatable bonds is 3. The van der Waals surface area contributed by atoms with E-state index in [2.05, 4.69) is 4.98 Å². The number of hydrogen-bond acceptors (Lipinski definition) is 4. The molecular weight excluding hydrogens is 252 g/mol. The summed E-state index contributed by atoms with van der Waals surface area (Å²) < 4.78 is 11.1. The van der Waals surface area contributed by atoms with Crippen LogP contribution in [0.5, 0.6) is 11.5 Å². The lowest BCUT2D eigenvalue weighted by atomic mass is 10.1. The van der Waals surface area contributed by atoms with Gasteiger partial charge < -0.3 is 14.9 Å². The Morgan fingerprint density at radius 1 is 0.950 bits per heavy atom. The van der Waals surface area contributed by atoms with E-state index in [4.69, 9.17) is 14.9 Å². The molecular formula is C16H14N2O2. The zero-order valence-electron chi connectivity index (χ0n) is 11.0. The zero-order valence-corrected chi connectivity index (χ0v) is 11.0. The van der Waals surface area contributed by atoms with E-state index in [1.54, 1.807) is 0 Å². The van der Waals surface area contributed by atoms with Crippen LogP contribution in [0.1, 0.15) is 5.69 Å². The van der Waals surface area contributed by atoms with Gasteiger partial charge in [0, 0.05) is 5.56 Å². The van der Waals surface area contributed by atoms with E-state index < -0.39 is 0 Å². The summed E-state index contributed by atoms with van der Waals surface area (Å²) in [6.07, 6.45) is 0. The van der Waals surface area contributed by atoms with E-state index in [0.29, 0.717) is 5.76 Å². The fourth-order valence-electron chi connectivity index (χ4n) is 1.98. The quantitative estimate of drug-likeness (QED) is 0.777. The van der Waals surface area contributed by atoms with Crippen molar-refractivity contribution in [3.63, 3.8) is 0 Å². The van der Waals surface area contributed by atoms with Crippen LogP contribution in [0.2, 0.25) is 0 Å². The maximum atomic E-state index is 5.73.